The van der Waals surface area contributed by atoms with Gasteiger partial charge in [-0.15, -0.1) is 0 Å². The zero-order chi connectivity index (χ0) is 34.2. The number of ether oxygens (including phenoxy) is 4. The van der Waals surface area contributed by atoms with Gasteiger partial charge in [0.05, 0.1) is 31.6 Å². The standard InChI is InChI=1S/C38H45N3O5Si/c1-25(2)33-34(32(22-39)28-11-10-12-29(21-28)38(6,7)46-47-37(3,4)5)40-36(45-24-27-15-19-31(43-9)20-16-27)41-35(33)44-23-26-13-17-30(42-8)18-14-26/h10-21,25,32H,23-24H2,1-9H3. The number of hydrogen-bond donors (Lipinski definition) is 0. The van der Waals surface area contributed by atoms with Crippen molar-refractivity contribution in [1.82, 2.24) is 9.97 Å². The highest BCUT2D eigenvalue weighted by atomic mass is 28.2. The third-order valence-corrected chi connectivity index (χ3v) is 8.71. The van der Waals surface area contributed by atoms with Crippen molar-refractivity contribution in [2.45, 2.75) is 84.2 Å². The Labute approximate surface area is 282 Å². The summed E-state index contributed by atoms with van der Waals surface area (Å²) in [7, 11) is 3.58. The van der Waals surface area contributed by atoms with Crippen LogP contribution in [-0.4, -0.2) is 34.0 Å². The predicted octanol–water partition coefficient (Wildman–Crippen LogP) is 8.52. The molecule has 47 heavy (non-hydrogen) atoms. The van der Waals surface area contributed by atoms with Crippen molar-refractivity contribution in [3.63, 3.8) is 0 Å². The molecule has 0 saturated heterocycles. The first kappa shape index (κ1) is 35.5. The molecule has 1 unspecified atom stereocenters. The zero-order valence-electron chi connectivity index (χ0n) is 28.9. The Balaban J connectivity index is 1.75. The van der Waals surface area contributed by atoms with E-state index in [0.29, 0.717) is 21.3 Å². The molecule has 2 radical (unpaired) electrons. The van der Waals surface area contributed by atoms with Crippen molar-refractivity contribution < 1.29 is 23.4 Å². The summed E-state index contributed by atoms with van der Waals surface area (Å²) >= 11 is 0. The van der Waals surface area contributed by atoms with Gasteiger partial charge in [-0.05, 0) is 71.3 Å². The van der Waals surface area contributed by atoms with Crippen LogP contribution in [0.2, 0.25) is 5.04 Å². The summed E-state index contributed by atoms with van der Waals surface area (Å²) in [5, 5.41) is 10.7. The second-order valence-corrected chi connectivity index (χ2v) is 15.1. The van der Waals surface area contributed by atoms with Crippen LogP contribution in [-0.2, 0) is 23.2 Å². The highest BCUT2D eigenvalue weighted by molar-refractivity contribution is 6.31. The van der Waals surface area contributed by atoms with E-state index in [4.69, 9.17) is 33.3 Å². The fourth-order valence-electron chi connectivity index (χ4n) is 4.85. The lowest BCUT2D eigenvalue weighted by Crippen LogP contribution is -2.27. The molecule has 0 amide bonds. The molecular formula is C38H45N3O5Si. The number of methoxy groups -OCH3 is 2. The highest BCUT2D eigenvalue weighted by Gasteiger charge is 2.30. The Morgan fingerprint density at radius 2 is 1.36 bits per heavy atom. The van der Waals surface area contributed by atoms with Gasteiger partial charge < -0.3 is 23.4 Å². The summed E-state index contributed by atoms with van der Waals surface area (Å²) in [6.07, 6.45) is 0. The third-order valence-electron chi connectivity index (χ3n) is 7.49. The van der Waals surface area contributed by atoms with Crippen LogP contribution < -0.4 is 18.9 Å². The van der Waals surface area contributed by atoms with Gasteiger partial charge in [0.1, 0.15) is 30.6 Å². The molecule has 1 heterocycles. The van der Waals surface area contributed by atoms with Gasteiger partial charge in [-0.25, -0.2) is 0 Å². The van der Waals surface area contributed by atoms with Gasteiger partial charge in [-0.2, -0.15) is 15.2 Å². The monoisotopic (exact) mass is 651 g/mol. The van der Waals surface area contributed by atoms with Crippen molar-refractivity contribution in [1.29, 1.82) is 5.26 Å². The first-order chi connectivity index (χ1) is 22.3. The second-order valence-electron chi connectivity index (χ2n) is 13.2. The van der Waals surface area contributed by atoms with Gasteiger partial charge in [0.25, 0.3) is 0 Å². The highest BCUT2D eigenvalue weighted by Crippen LogP contribution is 2.38. The van der Waals surface area contributed by atoms with Crippen LogP contribution in [0.3, 0.4) is 0 Å². The summed E-state index contributed by atoms with van der Waals surface area (Å²) in [5.41, 5.74) is 4.43. The Morgan fingerprint density at radius 3 is 1.87 bits per heavy atom. The molecule has 0 saturated carbocycles. The van der Waals surface area contributed by atoms with E-state index in [1.807, 2.05) is 72.8 Å². The number of nitrogens with zero attached hydrogens (tertiary/aromatic N) is 3. The van der Waals surface area contributed by atoms with Gasteiger partial charge >= 0.3 is 6.01 Å². The quantitative estimate of drug-likeness (QED) is 0.125. The molecule has 0 N–H and O–H groups in total. The molecule has 0 aliphatic rings. The predicted molar refractivity (Wildman–Crippen MR) is 184 cm³/mol. The van der Waals surface area contributed by atoms with E-state index in [9.17, 15) is 5.26 Å². The van der Waals surface area contributed by atoms with Gasteiger partial charge in [-0.1, -0.05) is 83.1 Å². The largest absolute Gasteiger partial charge is 0.497 e. The zero-order valence-corrected chi connectivity index (χ0v) is 29.9. The molecule has 3 aromatic carbocycles. The van der Waals surface area contributed by atoms with Crippen molar-refractivity contribution in [3.8, 4) is 29.5 Å². The lowest BCUT2D eigenvalue weighted by atomic mass is 9.87. The summed E-state index contributed by atoms with van der Waals surface area (Å²) in [5.74, 6) is 1.16. The van der Waals surface area contributed by atoms with E-state index in [-0.39, 0.29) is 30.2 Å². The van der Waals surface area contributed by atoms with Crippen LogP contribution >= 0.6 is 0 Å². The van der Waals surface area contributed by atoms with Gasteiger partial charge in [0.2, 0.25) is 15.6 Å². The van der Waals surface area contributed by atoms with Crippen molar-refractivity contribution in [3.05, 3.63) is 106 Å². The van der Waals surface area contributed by atoms with Crippen LogP contribution in [0.5, 0.6) is 23.4 Å². The Hall–Kier alpha value is -4.39. The van der Waals surface area contributed by atoms with E-state index in [1.54, 1.807) is 14.2 Å². The van der Waals surface area contributed by atoms with Gasteiger partial charge in [0, 0.05) is 5.56 Å². The molecule has 4 aromatic rings. The Kier molecular flexibility index (Phi) is 11.7. The fraction of sp³-hybridized carbons (Fsp3) is 0.395. The van der Waals surface area contributed by atoms with Crippen molar-refractivity contribution in [2.24, 2.45) is 0 Å². The maximum absolute atomic E-state index is 10.7. The molecule has 8 nitrogen and oxygen atoms in total. The molecule has 1 aromatic heterocycles. The average molecular weight is 652 g/mol. The molecule has 0 spiro atoms. The van der Waals surface area contributed by atoms with Gasteiger partial charge in [-0.3, -0.25) is 0 Å². The SMILES string of the molecule is COc1ccc(COc2nc(OCc3ccc(OC)cc3)c(C(C)C)c(C(C#N)c3cccc(C(C)(C)O[Si]C(C)(C)C)c3)n2)cc1. The number of hydrogen-bond acceptors (Lipinski definition) is 8. The first-order valence-corrected chi connectivity index (χ1v) is 16.6. The maximum Gasteiger partial charge on any atom is 0.320 e. The fourth-order valence-corrected chi connectivity index (χ4v) is 5.53. The summed E-state index contributed by atoms with van der Waals surface area (Å²) in [6, 6.07) is 26.0. The molecule has 4 rings (SSSR count). The second kappa shape index (κ2) is 15.5. The van der Waals surface area contributed by atoms with E-state index in [0.717, 1.165) is 39.3 Å². The maximum atomic E-state index is 10.7. The molecule has 0 aliphatic heterocycles. The van der Waals surface area contributed by atoms with E-state index < -0.39 is 11.5 Å². The number of nitriles is 1. The molecule has 246 valence electrons. The topological polar surface area (TPSA) is 95.7 Å². The lowest BCUT2D eigenvalue weighted by molar-refractivity contribution is 0.109. The molecule has 9 heteroatoms. The molecule has 0 bridgehead atoms. The van der Waals surface area contributed by atoms with Crippen LogP contribution in [0.15, 0.2) is 72.8 Å². The first-order valence-electron chi connectivity index (χ1n) is 15.7. The minimum absolute atomic E-state index is 0.0432. The third kappa shape index (κ3) is 9.56. The minimum Gasteiger partial charge on any atom is -0.497 e. The molecular weight excluding hydrogens is 607 g/mol. The minimum atomic E-state index is -0.706. The summed E-state index contributed by atoms with van der Waals surface area (Å²) in [6.45, 7) is 15.2. The van der Waals surface area contributed by atoms with Crippen LogP contribution in [0, 0.1) is 11.3 Å². The summed E-state index contributed by atoms with van der Waals surface area (Å²) in [4.78, 5) is 9.62. The van der Waals surface area contributed by atoms with Crippen LogP contribution in [0.25, 0.3) is 0 Å². The smallest absolute Gasteiger partial charge is 0.320 e. The van der Waals surface area contributed by atoms with E-state index >= 15 is 0 Å². The summed E-state index contributed by atoms with van der Waals surface area (Å²) < 4.78 is 29.5. The van der Waals surface area contributed by atoms with E-state index in [2.05, 4.69) is 54.5 Å². The molecule has 1 atom stereocenters. The van der Waals surface area contributed by atoms with Crippen molar-refractivity contribution in [2.75, 3.05) is 14.2 Å². The molecule has 0 fully saturated rings. The van der Waals surface area contributed by atoms with Crippen molar-refractivity contribution >= 4 is 9.76 Å². The van der Waals surface area contributed by atoms with Crippen LogP contribution in [0.1, 0.15) is 93.8 Å². The number of rotatable bonds is 14. The number of aromatic nitrogens is 2. The van der Waals surface area contributed by atoms with Gasteiger partial charge in [0.15, 0.2) is 0 Å². The molecule has 0 aliphatic carbocycles. The Bertz CT molecular complexity index is 1660. The van der Waals surface area contributed by atoms with Crippen LogP contribution in [0.4, 0.5) is 0 Å². The normalized spacial score (nSPS) is 12.4. The average Bonchev–Trinajstić information content (AvgIpc) is 3.06. The Morgan fingerprint density at radius 1 is 0.787 bits per heavy atom. The lowest BCUT2D eigenvalue weighted by Gasteiger charge is -2.30. The van der Waals surface area contributed by atoms with E-state index in [1.165, 1.54) is 0 Å². The number of benzene rings is 3.